The van der Waals surface area contributed by atoms with Gasteiger partial charge in [-0.05, 0) is 43.9 Å². The molecule has 1 unspecified atom stereocenters. The lowest BCUT2D eigenvalue weighted by molar-refractivity contribution is -0.128. The van der Waals surface area contributed by atoms with Crippen molar-refractivity contribution in [3.8, 4) is 0 Å². The van der Waals surface area contributed by atoms with Crippen molar-refractivity contribution in [2.24, 2.45) is 17.3 Å². The SMILES string of the molecule is CC(O)(CO)CNC(=O)C1CCC(C(C)(C)C)CC1. The molecule has 0 saturated heterocycles. The normalized spacial score (nSPS) is 27.7. The van der Waals surface area contributed by atoms with Gasteiger partial charge in [0.1, 0.15) is 5.60 Å². The molecule has 0 heterocycles. The zero-order chi connectivity index (χ0) is 14.7. The van der Waals surface area contributed by atoms with Crippen LogP contribution in [0.3, 0.4) is 0 Å². The molecule has 4 heteroatoms. The van der Waals surface area contributed by atoms with Crippen LogP contribution in [0.1, 0.15) is 53.4 Å². The molecule has 19 heavy (non-hydrogen) atoms. The van der Waals surface area contributed by atoms with E-state index in [0.29, 0.717) is 11.3 Å². The van der Waals surface area contributed by atoms with E-state index in [1.54, 1.807) is 0 Å². The third-order valence-corrected chi connectivity index (χ3v) is 4.31. The average Bonchev–Trinajstić information content (AvgIpc) is 2.35. The molecule has 1 atom stereocenters. The van der Waals surface area contributed by atoms with Gasteiger partial charge in [-0.15, -0.1) is 0 Å². The lowest BCUT2D eigenvalue weighted by Gasteiger charge is -2.36. The quantitative estimate of drug-likeness (QED) is 0.729. The monoisotopic (exact) mass is 271 g/mol. The van der Waals surface area contributed by atoms with E-state index in [2.05, 4.69) is 26.1 Å². The molecule has 0 aliphatic heterocycles. The minimum absolute atomic E-state index is 0.0149. The number of nitrogens with one attached hydrogen (secondary N) is 1. The van der Waals surface area contributed by atoms with Gasteiger partial charge in [-0.2, -0.15) is 0 Å². The summed E-state index contributed by atoms with van der Waals surface area (Å²) in [6.07, 6.45) is 4.04. The topological polar surface area (TPSA) is 69.6 Å². The Morgan fingerprint density at radius 2 is 1.68 bits per heavy atom. The maximum absolute atomic E-state index is 12.0. The van der Waals surface area contributed by atoms with Gasteiger partial charge in [0, 0.05) is 12.5 Å². The second-order valence-corrected chi connectivity index (χ2v) is 7.29. The number of carbonyl (C=O) groups is 1. The van der Waals surface area contributed by atoms with E-state index in [1.807, 2.05) is 0 Å². The van der Waals surface area contributed by atoms with Crippen molar-refractivity contribution in [1.82, 2.24) is 5.32 Å². The summed E-state index contributed by atoms with van der Waals surface area (Å²) < 4.78 is 0. The fourth-order valence-electron chi connectivity index (χ4n) is 2.70. The number of carbonyl (C=O) groups excluding carboxylic acids is 1. The maximum atomic E-state index is 12.0. The van der Waals surface area contributed by atoms with Crippen LogP contribution in [-0.2, 0) is 4.79 Å². The summed E-state index contributed by atoms with van der Waals surface area (Å²) in [7, 11) is 0. The second kappa shape index (κ2) is 6.23. The number of aliphatic hydroxyl groups excluding tert-OH is 1. The number of aliphatic hydroxyl groups is 2. The molecule has 0 aromatic heterocycles. The van der Waals surface area contributed by atoms with Gasteiger partial charge in [0.25, 0.3) is 0 Å². The smallest absolute Gasteiger partial charge is 0.223 e. The van der Waals surface area contributed by atoms with Crippen LogP contribution in [0.5, 0.6) is 0 Å². The molecule has 1 fully saturated rings. The summed E-state index contributed by atoms with van der Waals surface area (Å²) in [4.78, 5) is 12.0. The highest BCUT2D eigenvalue weighted by molar-refractivity contribution is 5.78. The van der Waals surface area contributed by atoms with Crippen LogP contribution in [0.2, 0.25) is 0 Å². The predicted molar refractivity (Wildman–Crippen MR) is 75.6 cm³/mol. The van der Waals surface area contributed by atoms with Gasteiger partial charge < -0.3 is 15.5 Å². The first-order valence-electron chi connectivity index (χ1n) is 7.26. The molecule has 0 aromatic carbocycles. The van der Waals surface area contributed by atoms with Crippen LogP contribution in [0, 0.1) is 17.3 Å². The van der Waals surface area contributed by atoms with Gasteiger partial charge >= 0.3 is 0 Å². The fraction of sp³-hybridized carbons (Fsp3) is 0.933. The van der Waals surface area contributed by atoms with Crippen LogP contribution >= 0.6 is 0 Å². The van der Waals surface area contributed by atoms with Crippen LogP contribution in [0.4, 0.5) is 0 Å². The Morgan fingerprint density at radius 3 is 2.11 bits per heavy atom. The van der Waals surface area contributed by atoms with Gasteiger partial charge in [-0.1, -0.05) is 20.8 Å². The molecule has 0 radical (unpaired) electrons. The molecule has 0 bridgehead atoms. The van der Waals surface area contributed by atoms with Crippen molar-refractivity contribution >= 4 is 5.91 Å². The first-order chi connectivity index (χ1) is 8.65. The molecule has 0 aromatic rings. The fourth-order valence-corrected chi connectivity index (χ4v) is 2.70. The first-order valence-corrected chi connectivity index (χ1v) is 7.26. The molecule has 1 aliphatic rings. The highest BCUT2D eigenvalue weighted by Gasteiger charge is 2.32. The molecule has 1 saturated carbocycles. The molecule has 1 rings (SSSR count). The van der Waals surface area contributed by atoms with Crippen LogP contribution < -0.4 is 5.32 Å². The van der Waals surface area contributed by atoms with Gasteiger partial charge in [-0.25, -0.2) is 0 Å². The highest BCUT2D eigenvalue weighted by atomic mass is 16.3. The van der Waals surface area contributed by atoms with Crippen molar-refractivity contribution in [2.45, 2.75) is 59.0 Å². The van der Waals surface area contributed by atoms with Crippen LogP contribution in [0.25, 0.3) is 0 Å². The molecule has 3 N–H and O–H groups in total. The molecule has 4 nitrogen and oxygen atoms in total. The Balaban J connectivity index is 2.37. The minimum atomic E-state index is -1.22. The zero-order valence-electron chi connectivity index (χ0n) is 12.7. The third-order valence-electron chi connectivity index (χ3n) is 4.31. The number of hydrogen-bond donors (Lipinski definition) is 3. The van der Waals surface area contributed by atoms with Crippen molar-refractivity contribution in [2.75, 3.05) is 13.2 Å². The van der Waals surface area contributed by atoms with E-state index < -0.39 is 5.60 Å². The Kier molecular flexibility index (Phi) is 5.39. The minimum Gasteiger partial charge on any atom is -0.393 e. The Hall–Kier alpha value is -0.610. The highest BCUT2D eigenvalue weighted by Crippen LogP contribution is 2.39. The lowest BCUT2D eigenvalue weighted by atomic mass is 9.69. The summed E-state index contributed by atoms with van der Waals surface area (Å²) in [5.41, 5.74) is -0.903. The summed E-state index contributed by atoms with van der Waals surface area (Å²) in [5.74, 6) is 0.770. The summed E-state index contributed by atoms with van der Waals surface area (Å²) in [6.45, 7) is 8.07. The van der Waals surface area contributed by atoms with E-state index in [-0.39, 0.29) is 25.0 Å². The largest absolute Gasteiger partial charge is 0.393 e. The van der Waals surface area contributed by atoms with Crippen LogP contribution in [0.15, 0.2) is 0 Å². The van der Waals surface area contributed by atoms with Crippen LogP contribution in [-0.4, -0.2) is 34.9 Å². The number of amides is 1. The average molecular weight is 271 g/mol. The van der Waals surface area contributed by atoms with Gasteiger partial charge in [0.15, 0.2) is 0 Å². The number of rotatable bonds is 4. The van der Waals surface area contributed by atoms with E-state index in [9.17, 15) is 9.90 Å². The van der Waals surface area contributed by atoms with Gasteiger partial charge in [0.2, 0.25) is 5.91 Å². The summed E-state index contributed by atoms with van der Waals surface area (Å²) >= 11 is 0. The standard InChI is InChI=1S/C15H29NO3/c1-14(2,3)12-7-5-11(6-8-12)13(18)16-9-15(4,19)10-17/h11-12,17,19H,5-10H2,1-4H3,(H,16,18). The van der Waals surface area contributed by atoms with E-state index in [1.165, 1.54) is 6.92 Å². The van der Waals surface area contributed by atoms with Gasteiger partial charge in [-0.3, -0.25) is 4.79 Å². The van der Waals surface area contributed by atoms with Gasteiger partial charge in [0.05, 0.1) is 6.61 Å². The molecule has 1 aliphatic carbocycles. The zero-order valence-corrected chi connectivity index (χ0v) is 12.7. The van der Waals surface area contributed by atoms with Crippen molar-refractivity contribution in [1.29, 1.82) is 0 Å². The van der Waals surface area contributed by atoms with E-state index in [4.69, 9.17) is 5.11 Å². The maximum Gasteiger partial charge on any atom is 0.223 e. The molecular weight excluding hydrogens is 242 g/mol. The van der Waals surface area contributed by atoms with Crippen molar-refractivity contribution < 1.29 is 15.0 Å². The molecule has 1 amide bonds. The lowest BCUT2D eigenvalue weighted by Crippen LogP contribution is -2.45. The van der Waals surface area contributed by atoms with Crippen molar-refractivity contribution in [3.05, 3.63) is 0 Å². The van der Waals surface area contributed by atoms with Crippen molar-refractivity contribution in [3.63, 3.8) is 0 Å². The molecule has 112 valence electrons. The Morgan fingerprint density at radius 1 is 1.16 bits per heavy atom. The predicted octanol–water partition coefficient (Wildman–Crippen LogP) is 1.70. The summed E-state index contributed by atoms with van der Waals surface area (Å²) in [6, 6.07) is 0. The Labute approximate surface area is 116 Å². The third kappa shape index (κ3) is 5.11. The second-order valence-electron chi connectivity index (χ2n) is 7.29. The summed E-state index contributed by atoms with van der Waals surface area (Å²) in [5, 5.41) is 21.3. The molecule has 0 spiro atoms. The van der Waals surface area contributed by atoms with E-state index in [0.717, 1.165) is 25.7 Å². The molecular formula is C15H29NO3. The van der Waals surface area contributed by atoms with E-state index >= 15 is 0 Å². The Bertz CT molecular complexity index is 299. The number of hydrogen-bond acceptors (Lipinski definition) is 3. The first kappa shape index (κ1) is 16.4.